The standard InChI is InChI=1S/C14H18F2O/c15-13-8-11(10-4-2-1-3-5-10)9-14(16)12(13)6-7-17/h8-10,17H,1-7H2. The zero-order valence-electron chi connectivity index (χ0n) is 9.88. The van der Waals surface area contributed by atoms with E-state index in [2.05, 4.69) is 0 Å². The first-order valence-corrected chi connectivity index (χ1v) is 6.31. The molecule has 1 aromatic carbocycles. The maximum atomic E-state index is 13.7. The van der Waals surface area contributed by atoms with E-state index < -0.39 is 11.6 Å². The molecule has 1 nitrogen and oxygen atoms in total. The molecular weight excluding hydrogens is 222 g/mol. The van der Waals surface area contributed by atoms with E-state index in [4.69, 9.17) is 5.11 Å². The zero-order valence-corrected chi connectivity index (χ0v) is 9.88. The molecule has 0 heterocycles. The Bertz CT molecular complexity index is 361. The Morgan fingerprint density at radius 1 is 1.06 bits per heavy atom. The highest BCUT2D eigenvalue weighted by Gasteiger charge is 2.19. The normalized spacial score (nSPS) is 17.4. The molecule has 2 rings (SSSR count). The monoisotopic (exact) mass is 240 g/mol. The second kappa shape index (κ2) is 5.58. The van der Waals surface area contributed by atoms with Crippen LogP contribution in [0.15, 0.2) is 12.1 Å². The van der Waals surface area contributed by atoms with Gasteiger partial charge < -0.3 is 5.11 Å². The Morgan fingerprint density at radius 3 is 2.18 bits per heavy atom. The van der Waals surface area contributed by atoms with Crippen molar-refractivity contribution in [3.05, 3.63) is 34.9 Å². The lowest BCUT2D eigenvalue weighted by Crippen LogP contribution is -2.07. The fourth-order valence-corrected chi connectivity index (χ4v) is 2.64. The van der Waals surface area contributed by atoms with Gasteiger partial charge in [-0.3, -0.25) is 0 Å². The van der Waals surface area contributed by atoms with Crippen molar-refractivity contribution >= 4 is 0 Å². The fraction of sp³-hybridized carbons (Fsp3) is 0.571. The first-order valence-electron chi connectivity index (χ1n) is 6.31. The summed E-state index contributed by atoms with van der Waals surface area (Å²) in [4.78, 5) is 0. The first-order chi connectivity index (χ1) is 8.22. The molecule has 0 saturated heterocycles. The van der Waals surface area contributed by atoms with Gasteiger partial charge in [0.25, 0.3) is 0 Å². The fourth-order valence-electron chi connectivity index (χ4n) is 2.64. The van der Waals surface area contributed by atoms with Crippen LogP contribution in [0.5, 0.6) is 0 Å². The topological polar surface area (TPSA) is 20.2 Å². The Hall–Kier alpha value is -0.960. The number of hydrogen-bond donors (Lipinski definition) is 1. The molecule has 0 aromatic heterocycles. The zero-order chi connectivity index (χ0) is 12.3. The van der Waals surface area contributed by atoms with Gasteiger partial charge in [-0.1, -0.05) is 19.3 Å². The summed E-state index contributed by atoms with van der Waals surface area (Å²) >= 11 is 0. The van der Waals surface area contributed by atoms with Crippen LogP contribution in [0.4, 0.5) is 8.78 Å². The number of hydrogen-bond acceptors (Lipinski definition) is 1. The summed E-state index contributed by atoms with van der Waals surface area (Å²) in [6.45, 7) is -0.226. The maximum absolute atomic E-state index is 13.7. The van der Waals surface area contributed by atoms with Gasteiger partial charge in [-0.15, -0.1) is 0 Å². The van der Waals surface area contributed by atoms with E-state index in [-0.39, 0.29) is 18.6 Å². The van der Waals surface area contributed by atoms with Gasteiger partial charge in [0.05, 0.1) is 0 Å². The van der Waals surface area contributed by atoms with Gasteiger partial charge in [0.15, 0.2) is 0 Å². The summed E-state index contributed by atoms with van der Waals surface area (Å²) in [6, 6.07) is 2.90. The van der Waals surface area contributed by atoms with E-state index in [0.717, 1.165) is 31.2 Å². The molecule has 1 aliphatic rings. The quantitative estimate of drug-likeness (QED) is 0.856. The van der Waals surface area contributed by atoms with Crippen molar-refractivity contribution in [1.29, 1.82) is 0 Å². The van der Waals surface area contributed by atoms with Gasteiger partial charge in [-0.25, -0.2) is 8.78 Å². The molecule has 1 aliphatic carbocycles. The summed E-state index contributed by atoms with van der Waals surface area (Å²) in [5.74, 6) is -0.727. The van der Waals surface area contributed by atoms with Crippen LogP contribution >= 0.6 is 0 Å². The molecule has 0 bridgehead atoms. The number of aliphatic hydroxyl groups is 1. The van der Waals surface area contributed by atoms with Crippen molar-refractivity contribution in [1.82, 2.24) is 0 Å². The summed E-state index contributed by atoms with van der Waals surface area (Å²) in [5.41, 5.74) is 0.786. The third-order valence-corrected chi connectivity index (χ3v) is 3.60. The number of aliphatic hydroxyl groups excluding tert-OH is 1. The lowest BCUT2D eigenvalue weighted by atomic mass is 9.83. The molecule has 17 heavy (non-hydrogen) atoms. The van der Waals surface area contributed by atoms with Gasteiger partial charge in [-0.2, -0.15) is 0 Å². The molecular formula is C14H18F2O. The van der Waals surface area contributed by atoms with Crippen molar-refractivity contribution in [2.45, 2.75) is 44.4 Å². The number of rotatable bonds is 3. The average molecular weight is 240 g/mol. The van der Waals surface area contributed by atoms with Gasteiger partial charge in [-0.05, 0) is 36.5 Å². The van der Waals surface area contributed by atoms with Crippen LogP contribution in [0.3, 0.4) is 0 Å². The second-order valence-corrected chi connectivity index (χ2v) is 4.77. The lowest BCUT2D eigenvalue weighted by Gasteiger charge is -2.22. The van der Waals surface area contributed by atoms with Crippen LogP contribution < -0.4 is 0 Å². The molecule has 3 heteroatoms. The summed E-state index contributed by atoms with van der Waals surface area (Å²) in [5, 5.41) is 8.75. The highest BCUT2D eigenvalue weighted by molar-refractivity contribution is 5.29. The molecule has 0 unspecified atom stereocenters. The van der Waals surface area contributed by atoms with Crippen molar-refractivity contribution in [3.63, 3.8) is 0 Å². The van der Waals surface area contributed by atoms with E-state index in [9.17, 15) is 8.78 Å². The smallest absolute Gasteiger partial charge is 0.129 e. The van der Waals surface area contributed by atoms with E-state index in [0.29, 0.717) is 5.92 Å². The van der Waals surface area contributed by atoms with Crippen LogP contribution in [-0.4, -0.2) is 11.7 Å². The van der Waals surface area contributed by atoms with Gasteiger partial charge >= 0.3 is 0 Å². The molecule has 0 amide bonds. The van der Waals surface area contributed by atoms with Gasteiger partial charge in [0.2, 0.25) is 0 Å². The minimum atomic E-state index is -0.514. The van der Waals surface area contributed by atoms with E-state index >= 15 is 0 Å². The second-order valence-electron chi connectivity index (χ2n) is 4.77. The predicted octanol–water partition coefficient (Wildman–Crippen LogP) is 3.55. The highest BCUT2D eigenvalue weighted by Crippen LogP contribution is 2.33. The molecule has 1 aromatic rings. The predicted molar refractivity (Wildman–Crippen MR) is 63.0 cm³/mol. The number of halogens is 2. The summed E-state index contributed by atoms with van der Waals surface area (Å²) in [6.07, 6.45) is 5.61. The minimum absolute atomic E-state index is 0.00654. The van der Waals surface area contributed by atoms with E-state index in [1.807, 2.05) is 0 Å². The van der Waals surface area contributed by atoms with Crippen molar-refractivity contribution < 1.29 is 13.9 Å². The summed E-state index contributed by atoms with van der Waals surface area (Å²) < 4.78 is 27.4. The van der Waals surface area contributed by atoms with Crippen LogP contribution in [0.1, 0.15) is 49.1 Å². The van der Waals surface area contributed by atoms with Crippen LogP contribution in [0, 0.1) is 11.6 Å². The van der Waals surface area contributed by atoms with Gasteiger partial charge in [0.1, 0.15) is 11.6 Å². The lowest BCUT2D eigenvalue weighted by molar-refractivity contribution is 0.295. The molecule has 0 spiro atoms. The van der Waals surface area contributed by atoms with E-state index in [1.54, 1.807) is 0 Å². The molecule has 1 saturated carbocycles. The number of benzene rings is 1. The van der Waals surface area contributed by atoms with Crippen LogP contribution in [0.25, 0.3) is 0 Å². The highest BCUT2D eigenvalue weighted by atomic mass is 19.1. The Kier molecular flexibility index (Phi) is 4.11. The molecule has 1 N–H and O–H groups in total. The van der Waals surface area contributed by atoms with Crippen molar-refractivity contribution in [2.75, 3.05) is 6.61 Å². The van der Waals surface area contributed by atoms with Crippen molar-refractivity contribution in [2.24, 2.45) is 0 Å². The van der Waals surface area contributed by atoms with Crippen LogP contribution in [0.2, 0.25) is 0 Å². The average Bonchev–Trinajstić information content (AvgIpc) is 2.35. The molecule has 0 atom stereocenters. The largest absolute Gasteiger partial charge is 0.396 e. The third-order valence-electron chi connectivity index (χ3n) is 3.60. The van der Waals surface area contributed by atoms with Crippen molar-refractivity contribution in [3.8, 4) is 0 Å². The molecule has 1 fully saturated rings. The third kappa shape index (κ3) is 2.83. The Morgan fingerprint density at radius 2 is 1.65 bits per heavy atom. The molecule has 0 radical (unpaired) electrons. The minimum Gasteiger partial charge on any atom is -0.396 e. The van der Waals surface area contributed by atoms with E-state index in [1.165, 1.54) is 18.6 Å². The maximum Gasteiger partial charge on any atom is 0.129 e. The SMILES string of the molecule is OCCc1c(F)cc(C2CCCCC2)cc1F. The van der Waals surface area contributed by atoms with Gasteiger partial charge in [0, 0.05) is 18.6 Å². The Balaban J connectivity index is 2.24. The molecule has 0 aliphatic heterocycles. The Labute approximate surface area is 100 Å². The summed E-state index contributed by atoms with van der Waals surface area (Å²) in [7, 11) is 0. The van der Waals surface area contributed by atoms with Crippen LogP contribution in [-0.2, 0) is 6.42 Å². The molecule has 94 valence electrons. The first kappa shape index (κ1) is 12.5.